The fourth-order valence-electron chi connectivity index (χ4n) is 1.98. The Morgan fingerprint density at radius 2 is 1.72 bits per heavy atom. The van der Waals surface area contributed by atoms with Gasteiger partial charge in [-0.2, -0.15) is 0 Å². The maximum absolute atomic E-state index is 11.3. The highest BCUT2D eigenvalue weighted by Gasteiger charge is 2.22. The molecule has 0 unspecified atom stereocenters. The molecule has 1 aromatic rings. The highest BCUT2D eigenvalue weighted by molar-refractivity contribution is 6.02. The van der Waals surface area contributed by atoms with E-state index in [-0.39, 0.29) is 31.5 Å². The maximum atomic E-state index is 11.3. The Labute approximate surface area is 105 Å². The van der Waals surface area contributed by atoms with Crippen LogP contribution < -0.4 is 10.2 Å². The van der Waals surface area contributed by atoms with E-state index in [1.807, 2.05) is 24.3 Å². The number of nitrogens with one attached hydrogen (secondary N) is 1. The summed E-state index contributed by atoms with van der Waals surface area (Å²) in [6, 6.07) is 7.72. The van der Waals surface area contributed by atoms with Crippen LogP contribution in [0.2, 0.25) is 0 Å². The van der Waals surface area contributed by atoms with E-state index >= 15 is 0 Å². The van der Waals surface area contributed by atoms with Crippen molar-refractivity contribution in [3.8, 4) is 0 Å². The summed E-state index contributed by atoms with van der Waals surface area (Å²) in [6.07, 6.45) is 1.57. The van der Waals surface area contributed by atoms with Crippen LogP contribution in [-0.2, 0) is 16.0 Å². The summed E-state index contributed by atoms with van der Waals surface area (Å²) < 4.78 is 0. The number of imide groups is 1. The zero-order valence-electron chi connectivity index (χ0n) is 10.1. The van der Waals surface area contributed by atoms with Gasteiger partial charge in [0.15, 0.2) is 0 Å². The highest BCUT2D eigenvalue weighted by Crippen LogP contribution is 2.16. The number of hydrogen-bond acceptors (Lipinski definition) is 4. The molecule has 1 aliphatic heterocycles. The normalized spacial score (nSPS) is 15.7. The molecular weight excluding hydrogens is 232 g/mol. The van der Waals surface area contributed by atoms with Crippen molar-refractivity contribution in [1.29, 1.82) is 0 Å². The lowest BCUT2D eigenvalue weighted by Crippen LogP contribution is -2.51. The van der Waals surface area contributed by atoms with Gasteiger partial charge in [0.1, 0.15) is 0 Å². The van der Waals surface area contributed by atoms with Crippen LogP contribution in [0.5, 0.6) is 0 Å². The van der Waals surface area contributed by atoms with E-state index in [1.54, 1.807) is 4.90 Å². The van der Waals surface area contributed by atoms with Crippen LogP contribution >= 0.6 is 0 Å². The number of benzene rings is 1. The van der Waals surface area contributed by atoms with E-state index in [0.29, 0.717) is 0 Å². The number of carbonyl (C=O) groups excluding carboxylic acids is 2. The number of amides is 2. The van der Waals surface area contributed by atoms with Crippen molar-refractivity contribution in [2.75, 3.05) is 24.6 Å². The average molecular weight is 248 g/mol. The minimum atomic E-state index is -0.268. The topological polar surface area (TPSA) is 69.6 Å². The van der Waals surface area contributed by atoms with Gasteiger partial charge in [-0.15, -0.1) is 0 Å². The van der Waals surface area contributed by atoms with Crippen molar-refractivity contribution in [3.05, 3.63) is 29.8 Å². The Balaban J connectivity index is 2.04. The smallest absolute Gasteiger partial charge is 0.246 e. The Morgan fingerprint density at radius 3 is 2.28 bits per heavy atom. The number of carbonyl (C=O) groups is 2. The third kappa shape index (κ3) is 3.07. The molecule has 1 saturated heterocycles. The van der Waals surface area contributed by atoms with Gasteiger partial charge in [0.05, 0.1) is 13.1 Å². The summed E-state index contributed by atoms with van der Waals surface area (Å²) in [4.78, 5) is 24.3. The largest absolute Gasteiger partial charge is 0.396 e. The minimum Gasteiger partial charge on any atom is -0.396 e. The number of hydrogen-bond donors (Lipinski definition) is 2. The summed E-state index contributed by atoms with van der Waals surface area (Å²) in [5.41, 5.74) is 2.01. The van der Waals surface area contributed by atoms with E-state index in [1.165, 1.54) is 0 Å². The van der Waals surface area contributed by atoms with Crippen LogP contribution in [0.1, 0.15) is 12.0 Å². The van der Waals surface area contributed by atoms with Crippen molar-refractivity contribution in [2.24, 2.45) is 0 Å². The van der Waals surface area contributed by atoms with Crippen molar-refractivity contribution in [2.45, 2.75) is 12.8 Å². The predicted molar refractivity (Wildman–Crippen MR) is 67.2 cm³/mol. The summed E-state index contributed by atoms with van der Waals surface area (Å²) >= 11 is 0. The van der Waals surface area contributed by atoms with Gasteiger partial charge < -0.3 is 10.0 Å². The minimum absolute atomic E-state index is 0.183. The molecule has 96 valence electrons. The highest BCUT2D eigenvalue weighted by atomic mass is 16.3. The first-order valence-electron chi connectivity index (χ1n) is 5.96. The molecule has 1 heterocycles. The van der Waals surface area contributed by atoms with Crippen LogP contribution in [0, 0.1) is 0 Å². The van der Waals surface area contributed by atoms with Gasteiger partial charge in [0.2, 0.25) is 11.8 Å². The molecule has 0 saturated carbocycles. The summed E-state index contributed by atoms with van der Waals surface area (Å²) in [5.74, 6) is -0.536. The lowest BCUT2D eigenvalue weighted by molar-refractivity contribution is -0.130. The molecule has 0 aliphatic carbocycles. The fourth-order valence-corrected chi connectivity index (χ4v) is 1.98. The first-order valence-corrected chi connectivity index (χ1v) is 5.96. The van der Waals surface area contributed by atoms with E-state index in [4.69, 9.17) is 5.11 Å². The molecule has 0 atom stereocenters. The van der Waals surface area contributed by atoms with Crippen molar-refractivity contribution in [1.82, 2.24) is 5.32 Å². The zero-order chi connectivity index (χ0) is 13.0. The lowest BCUT2D eigenvalue weighted by Gasteiger charge is -2.27. The third-order valence-electron chi connectivity index (χ3n) is 2.87. The van der Waals surface area contributed by atoms with Gasteiger partial charge >= 0.3 is 0 Å². The zero-order valence-corrected chi connectivity index (χ0v) is 10.1. The molecule has 0 bridgehead atoms. The molecule has 0 aromatic heterocycles. The number of nitrogens with zero attached hydrogens (tertiary/aromatic N) is 1. The van der Waals surface area contributed by atoms with Gasteiger partial charge in [0, 0.05) is 12.3 Å². The standard InChI is InChI=1S/C13H16N2O3/c16-7-1-2-10-3-5-11(6-4-10)15-8-12(17)14-13(18)9-15/h3-6,16H,1-2,7-9H2,(H,14,17,18). The number of rotatable bonds is 4. The number of aliphatic hydroxyl groups excluding tert-OH is 1. The molecule has 2 N–H and O–H groups in total. The van der Waals surface area contributed by atoms with Crippen LogP contribution in [0.3, 0.4) is 0 Å². The summed E-state index contributed by atoms with van der Waals surface area (Å²) in [5, 5.41) is 11.0. The molecule has 5 nitrogen and oxygen atoms in total. The Morgan fingerprint density at radius 1 is 1.11 bits per heavy atom. The Hall–Kier alpha value is -1.88. The van der Waals surface area contributed by atoms with Gasteiger partial charge in [-0.25, -0.2) is 0 Å². The number of piperazine rings is 1. The molecule has 1 aliphatic rings. The van der Waals surface area contributed by atoms with Crippen LogP contribution in [-0.4, -0.2) is 36.6 Å². The number of aryl methyl sites for hydroxylation is 1. The fraction of sp³-hybridized carbons (Fsp3) is 0.385. The van der Waals surface area contributed by atoms with Crippen LogP contribution in [0.15, 0.2) is 24.3 Å². The van der Waals surface area contributed by atoms with Crippen LogP contribution in [0.4, 0.5) is 5.69 Å². The van der Waals surface area contributed by atoms with Crippen molar-refractivity contribution >= 4 is 17.5 Å². The average Bonchev–Trinajstić information content (AvgIpc) is 2.36. The molecule has 0 spiro atoms. The van der Waals surface area contributed by atoms with Crippen LogP contribution in [0.25, 0.3) is 0 Å². The number of aliphatic hydroxyl groups is 1. The molecule has 2 amide bonds. The van der Waals surface area contributed by atoms with E-state index in [9.17, 15) is 9.59 Å². The second-order valence-electron chi connectivity index (χ2n) is 4.32. The molecule has 5 heteroatoms. The molecule has 1 aromatic carbocycles. The second kappa shape index (κ2) is 5.64. The summed E-state index contributed by atoms with van der Waals surface area (Å²) in [6.45, 7) is 0.603. The Bertz CT molecular complexity index is 426. The second-order valence-corrected chi connectivity index (χ2v) is 4.32. The van der Waals surface area contributed by atoms with Gasteiger partial charge in [-0.05, 0) is 30.5 Å². The lowest BCUT2D eigenvalue weighted by atomic mass is 10.1. The quantitative estimate of drug-likeness (QED) is 0.740. The maximum Gasteiger partial charge on any atom is 0.246 e. The summed E-state index contributed by atoms with van der Waals surface area (Å²) in [7, 11) is 0. The van der Waals surface area contributed by atoms with Gasteiger partial charge in [0.25, 0.3) is 0 Å². The van der Waals surface area contributed by atoms with E-state index in [0.717, 1.165) is 24.1 Å². The van der Waals surface area contributed by atoms with Gasteiger partial charge in [-0.3, -0.25) is 14.9 Å². The molecule has 0 radical (unpaired) electrons. The number of anilines is 1. The first-order chi connectivity index (χ1) is 8.69. The third-order valence-corrected chi connectivity index (χ3v) is 2.87. The first kappa shape index (κ1) is 12.6. The molecule has 2 rings (SSSR count). The van der Waals surface area contributed by atoms with Crippen molar-refractivity contribution in [3.63, 3.8) is 0 Å². The van der Waals surface area contributed by atoms with Crippen molar-refractivity contribution < 1.29 is 14.7 Å². The van der Waals surface area contributed by atoms with Gasteiger partial charge in [-0.1, -0.05) is 12.1 Å². The molecule has 18 heavy (non-hydrogen) atoms. The molecular formula is C13H16N2O3. The predicted octanol–water partition coefficient (Wildman–Crippen LogP) is 0.0743. The Kier molecular flexibility index (Phi) is 3.94. The van der Waals surface area contributed by atoms with E-state index < -0.39 is 0 Å². The van der Waals surface area contributed by atoms with E-state index in [2.05, 4.69) is 5.32 Å². The monoisotopic (exact) mass is 248 g/mol. The SMILES string of the molecule is O=C1CN(c2ccc(CCCO)cc2)CC(=O)N1. The molecule has 1 fully saturated rings.